The number of benzene rings is 3. The minimum absolute atomic E-state index is 0.0715. The highest BCUT2D eigenvalue weighted by atomic mass is 16.6. The minimum Gasteiger partial charge on any atom is -0.355 e. The van der Waals surface area contributed by atoms with Gasteiger partial charge < -0.3 is 5.32 Å². The molecule has 22 heavy (non-hydrogen) atoms. The molecule has 4 nitrogen and oxygen atoms in total. The van der Waals surface area contributed by atoms with Gasteiger partial charge in [0.05, 0.1) is 4.92 Å². The zero-order chi connectivity index (χ0) is 15.4. The van der Waals surface area contributed by atoms with Crippen LogP contribution in [0.1, 0.15) is 0 Å². The summed E-state index contributed by atoms with van der Waals surface area (Å²) in [5, 5.41) is 14.1. The molecule has 0 saturated heterocycles. The van der Waals surface area contributed by atoms with E-state index >= 15 is 0 Å². The first-order valence-corrected chi connectivity index (χ1v) is 6.90. The molecule has 0 aromatic heterocycles. The average molecular weight is 290 g/mol. The van der Waals surface area contributed by atoms with Crippen molar-refractivity contribution < 1.29 is 4.92 Å². The van der Waals surface area contributed by atoms with Gasteiger partial charge in [-0.3, -0.25) is 10.1 Å². The van der Waals surface area contributed by atoms with Crippen LogP contribution in [-0.2, 0) is 0 Å². The smallest absolute Gasteiger partial charge is 0.271 e. The molecule has 0 amide bonds. The molecule has 0 aliphatic carbocycles. The summed E-state index contributed by atoms with van der Waals surface area (Å²) in [6.45, 7) is 0. The van der Waals surface area contributed by atoms with Crippen LogP contribution in [0.5, 0.6) is 0 Å². The van der Waals surface area contributed by atoms with Gasteiger partial charge in [-0.1, -0.05) is 54.6 Å². The molecule has 3 rings (SSSR count). The topological polar surface area (TPSA) is 55.2 Å². The quantitative estimate of drug-likeness (QED) is 0.543. The van der Waals surface area contributed by atoms with Crippen molar-refractivity contribution in [3.63, 3.8) is 0 Å². The van der Waals surface area contributed by atoms with Crippen molar-refractivity contribution in [2.75, 3.05) is 5.32 Å². The van der Waals surface area contributed by atoms with Crippen molar-refractivity contribution >= 4 is 17.1 Å². The lowest BCUT2D eigenvalue weighted by Crippen LogP contribution is -1.94. The van der Waals surface area contributed by atoms with Gasteiger partial charge in [-0.15, -0.1) is 0 Å². The maximum absolute atomic E-state index is 10.9. The highest BCUT2D eigenvalue weighted by Crippen LogP contribution is 2.30. The Labute approximate surface area is 128 Å². The molecule has 0 heterocycles. The zero-order valence-electron chi connectivity index (χ0n) is 11.8. The molecule has 0 radical (unpaired) electrons. The third-order valence-electron chi connectivity index (χ3n) is 3.35. The van der Waals surface area contributed by atoms with Gasteiger partial charge in [-0.05, 0) is 17.7 Å². The second-order valence-corrected chi connectivity index (χ2v) is 4.84. The van der Waals surface area contributed by atoms with E-state index in [9.17, 15) is 10.1 Å². The van der Waals surface area contributed by atoms with E-state index in [4.69, 9.17) is 0 Å². The zero-order valence-corrected chi connectivity index (χ0v) is 11.8. The number of hydrogen-bond acceptors (Lipinski definition) is 3. The number of anilines is 2. The Balaban J connectivity index is 1.97. The van der Waals surface area contributed by atoms with E-state index in [2.05, 4.69) is 5.32 Å². The fourth-order valence-corrected chi connectivity index (χ4v) is 2.31. The average Bonchev–Trinajstić information content (AvgIpc) is 2.56. The molecule has 0 atom stereocenters. The first-order chi connectivity index (χ1) is 10.7. The van der Waals surface area contributed by atoms with E-state index in [-0.39, 0.29) is 5.69 Å². The first kappa shape index (κ1) is 13.8. The summed E-state index contributed by atoms with van der Waals surface area (Å²) in [4.78, 5) is 10.5. The molecule has 0 fully saturated rings. The van der Waals surface area contributed by atoms with Gasteiger partial charge in [0.2, 0.25) is 0 Å². The fraction of sp³-hybridized carbons (Fsp3) is 0. The lowest BCUT2D eigenvalue weighted by molar-refractivity contribution is -0.384. The predicted molar refractivity (Wildman–Crippen MR) is 88.3 cm³/mol. The summed E-state index contributed by atoms with van der Waals surface area (Å²) in [5.41, 5.74) is 3.82. The SMILES string of the molecule is O=[N+]([O-])c1cccc(Nc2ccccc2-c2ccccc2)c1. The lowest BCUT2D eigenvalue weighted by Gasteiger charge is -2.12. The Bertz CT molecular complexity index is 801. The molecule has 108 valence electrons. The lowest BCUT2D eigenvalue weighted by atomic mass is 10.0. The number of nitrogens with one attached hydrogen (secondary N) is 1. The van der Waals surface area contributed by atoms with Gasteiger partial charge in [-0.2, -0.15) is 0 Å². The Morgan fingerprint density at radius 3 is 2.32 bits per heavy atom. The summed E-state index contributed by atoms with van der Waals surface area (Å²) in [6.07, 6.45) is 0. The monoisotopic (exact) mass is 290 g/mol. The molecular weight excluding hydrogens is 276 g/mol. The second kappa shape index (κ2) is 6.10. The summed E-state index contributed by atoms with van der Waals surface area (Å²) in [6, 6.07) is 24.4. The van der Waals surface area contributed by atoms with Gasteiger partial charge in [0, 0.05) is 29.1 Å². The summed E-state index contributed by atoms with van der Waals surface area (Å²) < 4.78 is 0. The van der Waals surface area contributed by atoms with Crippen LogP contribution in [-0.4, -0.2) is 4.92 Å². The molecular formula is C18H14N2O2. The Kier molecular flexibility index (Phi) is 3.83. The number of hydrogen-bond donors (Lipinski definition) is 1. The molecule has 1 N–H and O–H groups in total. The van der Waals surface area contributed by atoms with Crippen LogP contribution in [0, 0.1) is 10.1 Å². The third kappa shape index (κ3) is 2.96. The number of rotatable bonds is 4. The van der Waals surface area contributed by atoms with Gasteiger partial charge >= 0.3 is 0 Å². The second-order valence-electron chi connectivity index (χ2n) is 4.84. The maximum Gasteiger partial charge on any atom is 0.271 e. The molecule has 3 aromatic rings. The van der Waals surface area contributed by atoms with E-state index in [1.165, 1.54) is 12.1 Å². The summed E-state index contributed by atoms with van der Waals surface area (Å²) in [7, 11) is 0. The molecule has 0 spiro atoms. The first-order valence-electron chi connectivity index (χ1n) is 6.90. The van der Waals surface area contributed by atoms with Gasteiger partial charge in [0.25, 0.3) is 5.69 Å². The van der Waals surface area contributed by atoms with Gasteiger partial charge in [0.1, 0.15) is 0 Å². The van der Waals surface area contributed by atoms with Crippen LogP contribution in [0.2, 0.25) is 0 Å². The van der Waals surface area contributed by atoms with Crippen molar-refractivity contribution in [2.24, 2.45) is 0 Å². The van der Waals surface area contributed by atoms with Crippen molar-refractivity contribution in [1.82, 2.24) is 0 Å². The fourth-order valence-electron chi connectivity index (χ4n) is 2.31. The normalized spacial score (nSPS) is 10.2. The molecule has 0 saturated carbocycles. The summed E-state index contributed by atoms with van der Waals surface area (Å²) in [5.74, 6) is 0. The number of nitrogens with zero attached hydrogens (tertiary/aromatic N) is 1. The van der Waals surface area contributed by atoms with Crippen LogP contribution in [0.3, 0.4) is 0 Å². The van der Waals surface area contributed by atoms with E-state index in [1.54, 1.807) is 6.07 Å². The van der Waals surface area contributed by atoms with Gasteiger partial charge in [0.15, 0.2) is 0 Å². The van der Waals surface area contributed by atoms with Crippen LogP contribution >= 0.6 is 0 Å². The van der Waals surface area contributed by atoms with E-state index < -0.39 is 4.92 Å². The van der Waals surface area contributed by atoms with Gasteiger partial charge in [-0.25, -0.2) is 0 Å². The number of para-hydroxylation sites is 1. The Morgan fingerprint density at radius 1 is 0.818 bits per heavy atom. The largest absolute Gasteiger partial charge is 0.355 e. The van der Waals surface area contributed by atoms with Crippen molar-refractivity contribution in [3.05, 3.63) is 89.0 Å². The Morgan fingerprint density at radius 2 is 1.55 bits per heavy atom. The van der Waals surface area contributed by atoms with Crippen LogP contribution in [0.25, 0.3) is 11.1 Å². The van der Waals surface area contributed by atoms with E-state index in [0.29, 0.717) is 5.69 Å². The van der Waals surface area contributed by atoms with Crippen LogP contribution in [0.15, 0.2) is 78.9 Å². The van der Waals surface area contributed by atoms with Crippen LogP contribution < -0.4 is 5.32 Å². The molecule has 0 bridgehead atoms. The summed E-state index contributed by atoms with van der Waals surface area (Å²) >= 11 is 0. The highest BCUT2D eigenvalue weighted by molar-refractivity contribution is 5.81. The van der Waals surface area contributed by atoms with E-state index in [1.807, 2.05) is 60.7 Å². The van der Waals surface area contributed by atoms with Crippen LogP contribution in [0.4, 0.5) is 17.1 Å². The Hall–Kier alpha value is -3.14. The van der Waals surface area contributed by atoms with Crippen molar-refractivity contribution in [2.45, 2.75) is 0 Å². The van der Waals surface area contributed by atoms with Crippen molar-refractivity contribution in [1.29, 1.82) is 0 Å². The highest BCUT2D eigenvalue weighted by Gasteiger charge is 2.08. The van der Waals surface area contributed by atoms with E-state index in [0.717, 1.165) is 16.8 Å². The predicted octanol–water partition coefficient (Wildman–Crippen LogP) is 5.01. The number of non-ortho nitro benzene ring substituents is 1. The standard InChI is InChI=1S/C18H14N2O2/c21-20(22)16-10-6-9-15(13-16)19-18-12-5-4-11-17(18)14-7-2-1-3-8-14/h1-13,19H. The minimum atomic E-state index is -0.395. The molecule has 4 heteroatoms. The number of nitro benzene ring substituents is 1. The third-order valence-corrected chi connectivity index (χ3v) is 3.35. The molecule has 0 aliphatic heterocycles. The molecule has 0 unspecified atom stereocenters. The molecule has 0 aliphatic rings. The number of nitro groups is 1. The van der Waals surface area contributed by atoms with Crippen molar-refractivity contribution in [3.8, 4) is 11.1 Å². The maximum atomic E-state index is 10.9. The molecule has 3 aromatic carbocycles.